The van der Waals surface area contributed by atoms with Crippen LogP contribution in [0.15, 0.2) is 76.1 Å². The number of anilines is 1. The fourth-order valence-electron chi connectivity index (χ4n) is 2.72. The van der Waals surface area contributed by atoms with Crippen molar-refractivity contribution in [2.45, 2.75) is 11.4 Å². The van der Waals surface area contributed by atoms with Crippen molar-refractivity contribution in [2.75, 3.05) is 11.9 Å². The van der Waals surface area contributed by atoms with Gasteiger partial charge >= 0.3 is 0 Å². The van der Waals surface area contributed by atoms with Gasteiger partial charge in [-0.1, -0.05) is 39.7 Å². The van der Waals surface area contributed by atoms with Crippen molar-refractivity contribution >= 4 is 49.1 Å². The Morgan fingerprint density at radius 1 is 1.00 bits per heavy atom. The summed E-state index contributed by atoms with van der Waals surface area (Å²) < 4.78 is 55.0. The molecule has 31 heavy (non-hydrogen) atoms. The van der Waals surface area contributed by atoms with Crippen LogP contribution in [0.25, 0.3) is 0 Å². The summed E-state index contributed by atoms with van der Waals surface area (Å²) in [5.41, 5.74) is 0.352. The number of halogens is 4. The van der Waals surface area contributed by atoms with Gasteiger partial charge in [0, 0.05) is 22.1 Å². The molecule has 5 nitrogen and oxygen atoms in total. The van der Waals surface area contributed by atoms with Crippen LogP contribution in [-0.2, 0) is 21.4 Å². The molecule has 1 N–H and O–H groups in total. The summed E-state index contributed by atoms with van der Waals surface area (Å²) in [5.74, 6) is -2.54. The van der Waals surface area contributed by atoms with Crippen LogP contribution in [0.5, 0.6) is 0 Å². The number of carbonyl (C=O) groups excluding carboxylic acids is 1. The van der Waals surface area contributed by atoms with Gasteiger partial charge < -0.3 is 5.32 Å². The number of nitrogens with zero attached hydrogens (tertiary/aromatic N) is 1. The van der Waals surface area contributed by atoms with E-state index in [4.69, 9.17) is 11.6 Å². The zero-order valence-corrected chi connectivity index (χ0v) is 19.0. The van der Waals surface area contributed by atoms with Gasteiger partial charge in [0.1, 0.15) is 11.6 Å². The second kappa shape index (κ2) is 9.86. The van der Waals surface area contributed by atoms with Crippen LogP contribution in [0.1, 0.15) is 5.56 Å². The van der Waals surface area contributed by atoms with Gasteiger partial charge in [-0.15, -0.1) is 0 Å². The average Bonchev–Trinajstić information content (AvgIpc) is 2.71. The molecule has 0 saturated carbocycles. The summed E-state index contributed by atoms with van der Waals surface area (Å²) in [5, 5.41) is 2.76. The Morgan fingerprint density at radius 2 is 1.65 bits per heavy atom. The molecule has 0 radical (unpaired) electrons. The van der Waals surface area contributed by atoms with Gasteiger partial charge in [-0.25, -0.2) is 17.2 Å². The number of hydrogen-bond acceptors (Lipinski definition) is 3. The molecule has 0 aliphatic rings. The Kier molecular flexibility index (Phi) is 7.42. The molecule has 0 fully saturated rings. The Balaban J connectivity index is 1.88. The van der Waals surface area contributed by atoms with E-state index in [0.717, 1.165) is 16.4 Å². The maximum Gasteiger partial charge on any atom is 0.243 e. The second-order valence-corrected chi connectivity index (χ2v) is 9.82. The summed E-state index contributed by atoms with van der Waals surface area (Å²) in [6.45, 7) is -0.702. The summed E-state index contributed by atoms with van der Waals surface area (Å²) in [7, 11) is -4.07. The number of benzene rings is 3. The molecule has 3 rings (SSSR count). The van der Waals surface area contributed by atoms with Gasteiger partial charge in [0.15, 0.2) is 0 Å². The molecular formula is C21H16BrClF2N2O3S. The topological polar surface area (TPSA) is 66.5 Å². The third-order valence-electron chi connectivity index (χ3n) is 4.25. The molecule has 0 heterocycles. The van der Waals surface area contributed by atoms with Crippen molar-refractivity contribution in [1.82, 2.24) is 4.31 Å². The molecule has 0 aromatic heterocycles. The Labute approximate surface area is 191 Å². The molecule has 3 aromatic carbocycles. The molecule has 0 spiro atoms. The first kappa shape index (κ1) is 23.3. The first-order valence-electron chi connectivity index (χ1n) is 8.90. The maximum atomic E-state index is 13.9. The molecule has 10 heteroatoms. The van der Waals surface area contributed by atoms with Crippen LogP contribution in [0.3, 0.4) is 0 Å². The van der Waals surface area contributed by atoms with Crippen LogP contribution in [-0.4, -0.2) is 25.2 Å². The first-order valence-corrected chi connectivity index (χ1v) is 11.5. The van der Waals surface area contributed by atoms with Crippen molar-refractivity contribution in [3.05, 3.63) is 93.4 Å². The largest absolute Gasteiger partial charge is 0.322 e. The van der Waals surface area contributed by atoms with Crippen molar-refractivity contribution in [1.29, 1.82) is 0 Å². The summed E-state index contributed by atoms with van der Waals surface area (Å²) in [6, 6.07) is 15.1. The van der Waals surface area contributed by atoms with Crippen LogP contribution in [0, 0.1) is 11.6 Å². The van der Waals surface area contributed by atoms with Crippen molar-refractivity contribution in [3.63, 3.8) is 0 Å². The fraction of sp³-hybridized carbons (Fsp3) is 0.0952. The monoisotopic (exact) mass is 528 g/mol. The highest BCUT2D eigenvalue weighted by molar-refractivity contribution is 9.10. The number of nitrogens with one attached hydrogen (secondary N) is 1. The lowest BCUT2D eigenvalue weighted by molar-refractivity contribution is -0.116. The smallest absolute Gasteiger partial charge is 0.243 e. The summed E-state index contributed by atoms with van der Waals surface area (Å²) in [4.78, 5) is 12.5. The van der Waals surface area contributed by atoms with Gasteiger partial charge in [0.2, 0.25) is 15.9 Å². The lowest BCUT2D eigenvalue weighted by Gasteiger charge is -2.22. The molecule has 0 aliphatic carbocycles. The van der Waals surface area contributed by atoms with E-state index in [9.17, 15) is 22.0 Å². The first-order chi connectivity index (χ1) is 14.6. The second-order valence-electron chi connectivity index (χ2n) is 6.53. The molecule has 162 valence electrons. The lowest BCUT2D eigenvalue weighted by Crippen LogP contribution is -2.37. The van der Waals surface area contributed by atoms with Gasteiger partial charge in [-0.05, 0) is 54.1 Å². The van der Waals surface area contributed by atoms with E-state index in [-0.39, 0.29) is 17.1 Å². The van der Waals surface area contributed by atoms with Crippen molar-refractivity contribution in [3.8, 4) is 0 Å². The lowest BCUT2D eigenvalue weighted by atomic mass is 10.2. The summed E-state index contributed by atoms with van der Waals surface area (Å²) in [6.07, 6.45) is 0. The molecule has 1 amide bonds. The van der Waals surface area contributed by atoms with Crippen molar-refractivity contribution < 1.29 is 22.0 Å². The van der Waals surface area contributed by atoms with E-state index in [2.05, 4.69) is 21.2 Å². The minimum Gasteiger partial charge on any atom is -0.322 e. The van der Waals surface area contributed by atoms with Crippen LogP contribution < -0.4 is 5.32 Å². The minimum absolute atomic E-state index is 0.00886. The maximum absolute atomic E-state index is 13.9. The SMILES string of the molecule is O=C(CN(Cc1ccc(Cl)cc1)S(=O)(=O)c1ccc(Br)cc1)Nc1ccc(F)cc1F. The highest BCUT2D eigenvalue weighted by Crippen LogP contribution is 2.22. The zero-order chi connectivity index (χ0) is 22.6. The average molecular weight is 530 g/mol. The van der Waals surface area contributed by atoms with E-state index in [1.165, 1.54) is 12.1 Å². The number of carbonyl (C=O) groups is 1. The van der Waals surface area contributed by atoms with E-state index < -0.39 is 34.1 Å². The van der Waals surface area contributed by atoms with Crippen molar-refractivity contribution in [2.24, 2.45) is 0 Å². The molecule has 0 saturated heterocycles. The number of rotatable bonds is 7. The Bertz CT molecular complexity index is 1190. The van der Waals surface area contributed by atoms with Crippen LogP contribution >= 0.6 is 27.5 Å². The van der Waals surface area contributed by atoms with Gasteiger partial charge in [-0.2, -0.15) is 4.31 Å². The quantitative estimate of drug-likeness (QED) is 0.457. The predicted octanol–water partition coefficient (Wildman–Crippen LogP) is 5.21. The molecule has 0 aliphatic heterocycles. The van der Waals surface area contributed by atoms with E-state index in [0.29, 0.717) is 21.1 Å². The molecular weight excluding hydrogens is 514 g/mol. The van der Waals surface area contributed by atoms with E-state index in [1.807, 2.05) is 0 Å². The molecule has 0 unspecified atom stereocenters. The molecule has 3 aromatic rings. The third-order valence-corrected chi connectivity index (χ3v) is 6.84. The van der Waals surface area contributed by atoms with Gasteiger partial charge in [-0.3, -0.25) is 4.79 Å². The Morgan fingerprint density at radius 3 is 2.26 bits per heavy atom. The Hall–Kier alpha value is -2.33. The molecule has 0 atom stereocenters. The third kappa shape index (κ3) is 6.10. The zero-order valence-electron chi connectivity index (χ0n) is 15.9. The fourth-order valence-corrected chi connectivity index (χ4v) is 4.49. The number of hydrogen-bond donors (Lipinski definition) is 1. The van der Waals surface area contributed by atoms with Crippen LogP contribution in [0.2, 0.25) is 5.02 Å². The van der Waals surface area contributed by atoms with Gasteiger partial charge in [0.05, 0.1) is 17.1 Å². The van der Waals surface area contributed by atoms with Crippen LogP contribution in [0.4, 0.5) is 14.5 Å². The minimum atomic E-state index is -4.07. The standard InChI is InChI=1S/C21H16BrClF2N2O3S/c22-15-3-8-18(9-4-15)31(29,30)27(12-14-1-5-16(23)6-2-14)13-21(28)26-20-10-7-17(24)11-19(20)25/h1-11H,12-13H2,(H,26,28). The van der Waals surface area contributed by atoms with E-state index in [1.54, 1.807) is 36.4 Å². The highest BCUT2D eigenvalue weighted by atomic mass is 79.9. The van der Waals surface area contributed by atoms with Gasteiger partial charge in [0.25, 0.3) is 0 Å². The summed E-state index contributed by atoms with van der Waals surface area (Å²) >= 11 is 9.14. The van der Waals surface area contributed by atoms with E-state index >= 15 is 0 Å². The number of amides is 1. The molecule has 0 bridgehead atoms. The highest BCUT2D eigenvalue weighted by Gasteiger charge is 2.27. The predicted molar refractivity (Wildman–Crippen MR) is 118 cm³/mol. The number of sulfonamides is 1. The normalized spacial score (nSPS) is 11.5.